The van der Waals surface area contributed by atoms with Crippen molar-refractivity contribution in [3.63, 3.8) is 0 Å². The minimum Gasteiger partial charge on any atom is -0.198 e. The van der Waals surface area contributed by atoms with Gasteiger partial charge < -0.3 is 0 Å². The van der Waals surface area contributed by atoms with E-state index in [9.17, 15) is 0 Å². The van der Waals surface area contributed by atoms with Crippen LogP contribution in [0, 0.1) is 22.8 Å². The summed E-state index contributed by atoms with van der Waals surface area (Å²) in [6, 6.07) is 3.32. The Morgan fingerprint density at radius 1 is 1.11 bits per heavy atom. The molecule has 0 atom stereocenters. The van der Waals surface area contributed by atoms with Gasteiger partial charge in [0.25, 0.3) is 0 Å². The van der Waals surface area contributed by atoms with Gasteiger partial charge in [0, 0.05) is 6.42 Å². The molecule has 1 nitrogen and oxygen atoms in total. The number of nitrogens with zero attached hydrogens (tertiary/aromatic N) is 1. The van der Waals surface area contributed by atoms with Gasteiger partial charge in [-0.2, -0.15) is 5.26 Å². The van der Waals surface area contributed by atoms with E-state index in [0.29, 0.717) is 6.42 Å². The highest BCUT2D eigenvalue weighted by Gasteiger charge is 2.16. The highest BCUT2D eigenvalue weighted by atomic mass is 79.9. The maximum atomic E-state index is 8.53. The summed E-state index contributed by atoms with van der Waals surface area (Å²) in [4.78, 5) is 1.92. The van der Waals surface area contributed by atoms with Crippen molar-refractivity contribution >= 4 is 24.0 Å². The van der Waals surface area contributed by atoms with Crippen molar-refractivity contribution in [3.05, 3.63) is 23.2 Å². The average Bonchev–Trinajstić information content (AvgIpc) is 2.37. The first-order valence-corrected chi connectivity index (χ1v) is 11.0. The zero-order valence-electron chi connectivity index (χ0n) is 12.1. The van der Waals surface area contributed by atoms with Gasteiger partial charge in [-0.1, -0.05) is 47.1 Å². The SMILES string of the molecule is C[Si](C)(C#C/C=C\CCCC/C=C\Br)CCCC#N. The largest absolute Gasteiger partial charge is 0.198 e. The quantitative estimate of drug-likeness (QED) is 0.323. The second-order valence-electron chi connectivity index (χ2n) is 5.21. The maximum Gasteiger partial charge on any atom is 0.132 e. The van der Waals surface area contributed by atoms with Gasteiger partial charge in [0.05, 0.1) is 6.07 Å². The lowest BCUT2D eigenvalue weighted by atomic mass is 10.2. The van der Waals surface area contributed by atoms with Crippen LogP contribution in [0.5, 0.6) is 0 Å². The summed E-state index contributed by atoms with van der Waals surface area (Å²) < 4.78 is 0. The first-order valence-electron chi connectivity index (χ1n) is 6.92. The molecule has 19 heavy (non-hydrogen) atoms. The molecule has 0 heterocycles. The molecule has 0 aromatic carbocycles. The fraction of sp³-hybridized carbons (Fsp3) is 0.562. The third kappa shape index (κ3) is 13.5. The van der Waals surface area contributed by atoms with Crippen LogP contribution in [0.3, 0.4) is 0 Å². The van der Waals surface area contributed by atoms with Gasteiger partial charge in [-0.3, -0.25) is 0 Å². The molecule has 0 aliphatic rings. The van der Waals surface area contributed by atoms with E-state index in [1.807, 2.05) is 11.1 Å². The van der Waals surface area contributed by atoms with Crippen molar-refractivity contribution in [2.24, 2.45) is 0 Å². The summed E-state index contributed by atoms with van der Waals surface area (Å²) in [7, 11) is -1.40. The smallest absolute Gasteiger partial charge is 0.132 e. The molecular formula is C16H24BrNSi. The number of unbranched alkanes of at least 4 members (excludes halogenated alkanes) is 4. The van der Waals surface area contributed by atoms with E-state index < -0.39 is 8.07 Å². The van der Waals surface area contributed by atoms with Crippen LogP contribution in [0.4, 0.5) is 0 Å². The van der Waals surface area contributed by atoms with Gasteiger partial charge in [0.2, 0.25) is 0 Å². The number of nitriles is 1. The molecule has 0 radical (unpaired) electrons. The monoisotopic (exact) mass is 337 g/mol. The van der Waals surface area contributed by atoms with Gasteiger partial charge in [-0.15, -0.1) is 5.54 Å². The van der Waals surface area contributed by atoms with Crippen LogP contribution < -0.4 is 0 Å². The Labute approximate surface area is 127 Å². The van der Waals surface area contributed by atoms with E-state index in [2.05, 4.69) is 58.7 Å². The topological polar surface area (TPSA) is 23.8 Å². The Balaban J connectivity index is 3.79. The fourth-order valence-electron chi connectivity index (χ4n) is 1.64. The Hall–Kier alpha value is -0.773. The van der Waals surface area contributed by atoms with Crippen molar-refractivity contribution < 1.29 is 0 Å². The van der Waals surface area contributed by atoms with Gasteiger partial charge in [-0.25, -0.2) is 0 Å². The fourth-order valence-corrected chi connectivity index (χ4v) is 3.56. The van der Waals surface area contributed by atoms with Crippen molar-refractivity contribution in [1.82, 2.24) is 0 Å². The number of hydrogen-bond acceptors (Lipinski definition) is 1. The Kier molecular flexibility index (Phi) is 11.8. The molecule has 0 rings (SSSR count). The maximum absolute atomic E-state index is 8.53. The molecule has 0 bridgehead atoms. The van der Waals surface area contributed by atoms with E-state index in [1.165, 1.54) is 12.8 Å². The Morgan fingerprint density at radius 2 is 1.79 bits per heavy atom. The van der Waals surface area contributed by atoms with Gasteiger partial charge in [-0.05, 0) is 49.2 Å². The van der Waals surface area contributed by atoms with Gasteiger partial charge >= 0.3 is 0 Å². The molecular weight excluding hydrogens is 314 g/mol. The zero-order valence-corrected chi connectivity index (χ0v) is 14.7. The van der Waals surface area contributed by atoms with Crippen LogP contribution in [0.1, 0.15) is 38.5 Å². The molecule has 0 unspecified atom stereocenters. The van der Waals surface area contributed by atoms with Crippen LogP contribution in [-0.2, 0) is 0 Å². The lowest BCUT2D eigenvalue weighted by Crippen LogP contribution is -2.22. The molecule has 0 spiro atoms. The highest BCUT2D eigenvalue weighted by Crippen LogP contribution is 2.12. The lowest BCUT2D eigenvalue weighted by Gasteiger charge is -2.12. The third-order valence-electron chi connectivity index (χ3n) is 2.78. The second kappa shape index (κ2) is 12.3. The van der Waals surface area contributed by atoms with E-state index in [1.54, 1.807) is 0 Å². The average molecular weight is 338 g/mol. The standard InChI is InChI=1S/C16H24BrNSi/c1-19(2,16-12-10-14-18)15-11-8-6-4-3-5-7-9-13-17/h6,8-9,13H,3-5,7,10,12,16H2,1-2H3/b8-6-,13-9-. The zero-order chi connectivity index (χ0) is 14.4. The minimum absolute atomic E-state index is 0.663. The molecule has 0 aliphatic carbocycles. The minimum atomic E-state index is -1.40. The van der Waals surface area contributed by atoms with Crippen molar-refractivity contribution in [1.29, 1.82) is 5.26 Å². The lowest BCUT2D eigenvalue weighted by molar-refractivity contribution is 0.763. The van der Waals surface area contributed by atoms with Crippen molar-refractivity contribution in [3.8, 4) is 17.5 Å². The predicted molar refractivity (Wildman–Crippen MR) is 90.6 cm³/mol. The van der Waals surface area contributed by atoms with Crippen LogP contribution in [-0.4, -0.2) is 8.07 Å². The van der Waals surface area contributed by atoms with E-state index >= 15 is 0 Å². The normalized spacial score (nSPS) is 11.5. The molecule has 0 saturated carbocycles. The first-order chi connectivity index (χ1) is 9.12. The molecule has 0 N–H and O–H groups in total. The van der Waals surface area contributed by atoms with Crippen LogP contribution in [0.15, 0.2) is 23.2 Å². The molecule has 0 aliphatic heterocycles. The molecule has 0 aromatic rings. The van der Waals surface area contributed by atoms with Crippen LogP contribution in [0.2, 0.25) is 19.1 Å². The van der Waals surface area contributed by atoms with Crippen LogP contribution in [0.25, 0.3) is 0 Å². The molecule has 104 valence electrons. The van der Waals surface area contributed by atoms with Crippen LogP contribution >= 0.6 is 15.9 Å². The summed E-state index contributed by atoms with van der Waals surface area (Å²) >= 11 is 3.27. The summed E-state index contributed by atoms with van der Waals surface area (Å²) in [6.07, 6.45) is 12.7. The van der Waals surface area contributed by atoms with E-state index in [0.717, 1.165) is 25.3 Å². The van der Waals surface area contributed by atoms with Crippen molar-refractivity contribution in [2.75, 3.05) is 0 Å². The molecule has 0 aromatic heterocycles. The van der Waals surface area contributed by atoms with Gasteiger partial charge in [0.1, 0.15) is 8.07 Å². The predicted octanol–water partition coefficient (Wildman–Crippen LogP) is 5.57. The Morgan fingerprint density at radius 3 is 2.42 bits per heavy atom. The number of hydrogen-bond donors (Lipinski definition) is 0. The number of rotatable bonds is 8. The van der Waals surface area contributed by atoms with Crippen molar-refractivity contribution in [2.45, 2.75) is 57.7 Å². The van der Waals surface area contributed by atoms with Gasteiger partial charge in [0.15, 0.2) is 0 Å². The summed E-state index contributed by atoms with van der Waals surface area (Å²) in [5, 5.41) is 8.53. The second-order valence-corrected chi connectivity index (χ2v) is 10.3. The highest BCUT2D eigenvalue weighted by molar-refractivity contribution is 9.11. The van der Waals surface area contributed by atoms with E-state index in [-0.39, 0.29) is 0 Å². The molecule has 0 amide bonds. The summed E-state index contributed by atoms with van der Waals surface area (Å²) in [6.45, 7) is 4.55. The summed E-state index contributed by atoms with van der Waals surface area (Å²) in [5.74, 6) is 3.18. The third-order valence-corrected chi connectivity index (χ3v) is 5.58. The number of halogens is 1. The first kappa shape index (κ1) is 18.2. The molecule has 3 heteroatoms. The van der Waals surface area contributed by atoms with E-state index in [4.69, 9.17) is 5.26 Å². The summed E-state index contributed by atoms with van der Waals surface area (Å²) in [5.41, 5.74) is 3.40. The molecule has 0 saturated heterocycles. The Bertz CT molecular complexity index is 380. The molecule has 0 fully saturated rings. The number of allylic oxidation sites excluding steroid dienone is 3.